The van der Waals surface area contributed by atoms with Gasteiger partial charge < -0.3 is 10.4 Å². The van der Waals surface area contributed by atoms with Crippen LogP contribution in [-0.2, 0) is 0 Å². The molecule has 2 rings (SSSR count). The van der Waals surface area contributed by atoms with Crippen LogP contribution >= 0.6 is 0 Å². The maximum atomic E-state index is 11.8. The van der Waals surface area contributed by atoms with Gasteiger partial charge in [0.1, 0.15) is 0 Å². The highest BCUT2D eigenvalue weighted by Crippen LogP contribution is 2.19. The van der Waals surface area contributed by atoms with E-state index in [1.807, 2.05) is 0 Å². The van der Waals surface area contributed by atoms with Crippen molar-refractivity contribution in [2.24, 2.45) is 0 Å². The SMILES string of the molecule is O=C(O)c1ccc(C(=O)NCCC2=CCCC2)cc1. The molecule has 0 atom stereocenters. The van der Waals surface area contributed by atoms with Gasteiger partial charge in [0.05, 0.1) is 5.56 Å². The lowest BCUT2D eigenvalue weighted by Crippen LogP contribution is -2.24. The summed E-state index contributed by atoms with van der Waals surface area (Å²) in [6, 6.07) is 5.95. The number of carbonyl (C=O) groups excluding carboxylic acids is 1. The van der Waals surface area contributed by atoms with Crippen LogP contribution in [-0.4, -0.2) is 23.5 Å². The van der Waals surface area contributed by atoms with E-state index in [4.69, 9.17) is 5.11 Å². The fourth-order valence-electron chi connectivity index (χ4n) is 2.17. The van der Waals surface area contributed by atoms with Crippen molar-refractivity contribution in [3.8, 4) is 0 Å². The van der Waals surface area contributed by atoms with Crippen molar-refractivity contribution in [3.05, 3.63) is 47.0 Å². The first-order valence-corrected chi connectivity index (χ1v) is 6.46. The van der Waals surface area contributed by atoms with Gasteiger partial charge in [0.15, 0.2) is 0 Å². The van der Waals surface area contributed by atoms with Crippen molar-refractivity contribution in [2.75, 3.05) is 6.54 Å². The molecule has 0 aliphatic heterocycles. The molecule has 0 aromatic heterocycles. The van der Waals surface area contributed by atoms with E-state index < -0.39 is 5.97 Å². The summed E-state index contributed by atoms with van der Waals surface area (Å²) in [6.07, 6.45) is 6.66. The Morgan fingerprint density at radius 1 is 1.16 bits per heavy atom. The first-order valence-electron chi connectivity index (χ1n) is 6.46. The summed E-state index contributed by atoms with van der Waals surface area (Å²) in [4.78, 5) is 22.5. The molecule has 0 saturated carbocycles. The molecule has 100 valence electrons. The molecule has 0 radical (unpaired) electrons. The van der Waals surface area contributed by atoms with E-state index in [9.17, 15) is 9.59 Å². The second-order valence-corrected chi connectivity index (χ2v) is 4.64. The van der Waals surface area contributed by atoms with Crippen LogP contribution in [0.15, 0.2) is 35.9 Å². The number of allylic oxidation sites excluding steroid dienone is 1. The minimum Gasteiger partial charge on any atom is -0.478 e. The number of carbonyl (C=O) groups is 2. The molecule has 1 aliphatic rings. The van der Waals surface area contributed by atoms with Crippen LogP contribution in [0, 0.1) is 0 Å². The van der Waals surface area contributed by atoms with Gasteiger partial charge in [-0.05, 0) is 49.9 Å². The van der Waals surface area contributed by atoms with Gasteiger partial charge >= 0.3 is 5.97 Å². The Labute approximate surface area is 112 Å². The Kier molecular flexibility index (Phi) is 4.34. The van der Waals surface area contributed by atoms with Gasteiger partial charge in [-0.3, -0.25) is 4.79 Å². The molecule has 0 heterocycles. The van der Waals surface area contributed by atoms with Crippen LogP contribution in [0.1, 0.15) is 46.4 Å². The third-order valence-electron chi connectivity index (χ3n) is 3.26. The van der Waals surface area contributed by atoms with E-state index in [0.29, 0.717) is 12.1 Å². The predicted molar refractivity (Wildman–Crippen MR) is 72.3 cm³/mol. The van der Waals surface area contributed by atoms with Crippen molar-refractivity contribution in [2.45, 2.75) is 25.7 Å². The van der Waals surface area contributed by atoms with E-state index >= 15 is 0 Å². The fraction of sp³-hybridized carbons (Fsp3) is 0.333. The summed E-state index contributed by atoms with van der Waals surface area (Å²) in [5, 5.41) is 11.6. The summed E-state index contributed by atoms with van der Waals surface area (Å²) in [5.41, 5.74) is 2.10. The highest BCUT2D eigenvalue weighted by molar-refractivity contribution is 5.95. The molecule has 2 N–H and O–H groups in total. The molecule has 1 aromatic carbocycles. The van der Waals surface area contributed by atoms with Gasteiger partial charge in [0.25, 0.3) is 5.91 Å². The Hall–Kier alpha value is -2.10. The van der Waals surface area contributed by atoms with Gasteiger partial charge in [0, 0.05) is 12.1 Å². The topological polar surface area (TPSA) is 66.4 Å². The smallest absolute Gasteiger partial charge is 0.335 e. The number of amides is 1. The maximum Gasteiger partial charge on any atom is 0.335 e. The standard InChI is InChI=1S/C15H17NO3/c17-14(16-10-9-11-3-1-2-4-11)12-5-7-13(8-6-12)15(18)19/h3,5-8H,1-2,4,9-10H2,(H,16,17)(H,18,19). The van der Waals surface area contributed by atoms with E-state index in [-0.39, 0.29) is 11.5 Å². The normalized spacial score (nSPS) is 14.0. The van der Waals surface area contributed by atoms with Gasteiger partial charge in [-0.1, -0.05) is 11.6 Å². The molecule has 1 aliphatic carbocycles. The summed E-state index contributed by atoms with van der Waals surface area (Å²) in [5.74, 6) is -1.14. The molecule has 19 heavy (non-hydrogen) atoms. The zero-order valence-electron chi connectivity index (χ0n) is 10.7. The van der Waals surface area contributed by atoms with E-state index in [1.165, 1.54) is 36.3 Å². The first-order chi connectivity index (χ1) is 9.16. The van der Waals surface area contributed by atoms with Crippen LogP contribution in [0.5, 0.6) is 0 Å². The van der Waals surface area contributed by atoms with Crippen LogP contribution in [0.3, 0.4) is 0 Å². The zero-order chi connectivity index (χ0) is 13.7. The molecule has 0 spiro atoms. The minimum atomic E-state index is -0.986. The monoisotopic (exact) mass is 259 g/mol. The van der Waals surface area contributed by atoms with E-state index in [0.717, 1.165) is 19.3 Å². The van der Waals surface area contributed by atoms with Gasteiger partial charge in [0.2, 0.25) is 0 Å². The molecular weight excluding hydrogens is 242 g/mol. The Morgan fingerprint density at radius 3 is 2.42 bits per heavy atom. The Morgan fingerprint density at radius 2 is 1.84 bits per heavy atom. The average molecular weight is 259 g/mol. The highest BCUT2D eigenvalue weighted by atomic mass is 16.4. The van der Waals surface area contributed by atoms with Gasteiger partial charge in [-0.2, -0.15) is 0 Å². The van der Waals surface area contributed by atoms with Crippen LogP contribution in [0.2, 0.25) is 0 Å². The van der Waals surface area contributed by atoms with Crippen molar-refractivity contribution in [3.63, 3.8) is 0 Å². The fourth-order valence-corrected chi connectivity index (χ4v) is 2.17. The van der Waals surface area contributed by atoms with Crippen molar-refractivity contribution < 1.29 is 14.7 Å². The number of carboxylic acids is 1. The molecule has 0 saturated heterocycles. The third kappa shape index (κ3) is 3.68. The largest absolute Gasteiger partial charge is 0.478 e. The zero-order valence-corrected chi connectivity index (χ0v) is 10.7. The number of rotatable bonds is 5. The average Bonchev–Trinajstić information content (AvgIpc) is 2.92. The molecule has 0 fully saturated rings. The van der Waals surface area contributed by atoms with Crippen LogP contribution in [0.4, 0.5) is 0 Å². The molecule has 4 nitrogen and oxygen atoms in total. The summed E-state index contributed by atoms with van der Waals surface area (Å²) in [7, 11) is 0. The van der Waals surface area contributed by atoms with E-state index in [2.05, 4.69) is 11.4 Å². The number of hydrogen-bond acceptors (Lipinski definition) is 2. The number of carboxylic acid groups (broad SMARTS) is 1. The van der Waals surface area contributed by atoms with Crippen molar-refractivity contribution >= 4 is 11.9 Å². The third-order valence-corrected chi connectivity index (χ3v) is 3.26. The molecule has 0 bridgehead atoms. The van der Waals surface area contributed by atoms with Gasteiger partial charge in [-0.25, -0.2) is 4.79 Å². The lowest BCUT2D eigenvalue weighted by Gasteiger charge is -2.06. The Balaban J connectivity index is 1.83. The maximum absolute atomic E-state index is 11.8. The second-order valence-electron chi connectivity index (χ2n) is 4.64. The van der Waals surface area contributed by atoms with Crippen LogP contribution in [0.25, 0.3) is 0 Å². The highest BCUT2D eigenvalue weighted by Gasteiger charge is 2.08. The predicted octanol–water partition coefficient (Wildman–Crippen LogP) is 2.62. The van der Waals surface area contributed by atoms with E-state index in [1.54, 1.807) is 0 Å². The van der Waals surface area contributed by atoms with Crippen LogP contribution < -0.4 is 5.32 Å². The Bertz CT molecular complexity index is 503. The number of nitrogens with one attached hydrogen (secondary N) is 1. The second kappa shape index (κ2) is 6.18. The number of benzene rings is 1. The summed E-state index contributed by atoms with van der Waals surface area (Å²) in [6.45, 7) is 0.630. The number of aromatic carboxylic acids is 1. The molecule has 0 unspecified atom stereocenters. The first kappa shape index (κ1) is 13.3. The number of hydrogen-bond donors (Lipinski definition) is 2. The van der Waals surface area contributed by atoms with Crippen molar-refractivity contribution in [1.82, 2.24) is 5.32 Å². The summed E-state index contributed by atoms with van der Waals surface area (Å²) >= 11 is 0. The molecule has 1 aromatic rings. The molecular formula is C15H17NO3. The van der Waals surface area contributed by atoms with Crippen molar-refractivity contribution in [1.29, 1.82) is 0 Å². The minimum absolute atomic E-state index is 0.157. The lowest BCUT2D eigenvalue weighted by atomic mass is 10.1. The summed E-state index contributed by atoms with van der Waals surface area (Å²) < 4.78 is 0. The quantitative estimate of drug-likeness (QED) is 0.799. The van der Waals surface area contributed by atoms with Gasteiger partial charge in [-0.15, -0.1) is 0 Å². The lowest BCUT2D eigenvalue weighted by molar-refractivity contribution is 0.0696. The molecule has 1 amide bonds. The molecule has 4 heteroatoms.